The molecule has 0 N–H and O–H groups in total. The normalized spacial score (nSPS) is 14.8. The minimum Gasteiger partial charge on any atom is -0.248 e. The fourth-order valence-electron chi connectivity index (χ4n) is 3.76. The van der Waals surface area contributed by atoms with Crippen LogP contribution in [-0.4, -0.2) is 19.7 Å². The second-order valence-corrected chi connectivity index (χ2v) is 7.48. The molecule has 134 valence electrons. The van der Waals surface area contributed by atoms with Crippen LogP contribution in [0.1, 0.15) is 25.2 Å². The molecule has 0 bridgehead atoms. The molecule has 5 rings (SSSR count). The number of aromatic nitrogens is 4. The third-order valence-electron chi connectivity index (χ3n) is 5.08. The number of nitrogens with zero attached hydrogens (tertiary/aromatic N) is 4. The van der Waals surface area contributed by atoms with E-state index in [1.54, 1.807) is 10.9 Å². The Morgan fingerprint density at radius 1 is 1.00 bits per heavy atom. The Balaban J connectivity index is 1.78. The third kappa shape index (κ3) is 2.36. The Kier molecular flexibility index (Phi) is 3.22. The summed E-state index contributed by atoms with van der Waals surface area (Å²) in [5.74, 6) is -1.26. The highest BCUT2D eigenvalue weighted by Gasteiger charge is 2.36. The summed E-state index contributed by atoms with van der Waals surface area (Å²) in [4.78, 5) is 9.68. The molecule has 1 aliphatic rings. The maximum Gasteiger partial charge on any atom is 0.151 e. The molecule has 0 amide bonds. The number of rotatable bonds is 1. The van der Waals surface area contributed by atoms with Gasteiger partial charge in [-0.15, -0.1) is 0 Å². The van der Waals surface area contributed by atoms with Gasteiger partial charge in [-0.25, -0.2) is 23.4 Å². The van der Waals surface area contributed by atoms with Crippen LogP contribution in [0.2, 0.25) is 0 Å². The van der Waals surface area contributed by atoms with Crippen molar-refractivity contribution in [3.8, 4) is 16.9 Å². The summed E-state index contributed by atoms with van der Waals surface area (Å²) in [6.07, 6.45) is 2.31. The predicted molar refractivity (Wildman–Crippen MR) is 98.7 cm³/mol. The summed E-state index contributed by atoms with van der Waals surface area (Å²) >= 11 is 0. The molecule has 0 spiro atoms. The average Bonchev–Trinajstić information content (AvgIpc) is 3.03. The lowest BCUT2D eigenvalue weighted by molar-refractivity contribution is 0.483. The number of hydrogen-bond acceptors (Lipinski definition) is 3. The molecule has 0 aliphatic heterocycles. The fourth-order valence-corrected chi connectivity index (χ4v) is 3.76. The molecule has 6 heteroatoms. The zero-order chi connectivity index (χ0) is 18.8. The third-order valence-corrected chi connectivity index (χ3v) is 5.08. The Bertz CT molecular complexity index is 1210. The van der Waals surface area contributed by atoms with E-state index in [1.165, 1.54) is 12.1 Å². The second-order valence-electron chi connectivity index (χ2n) is 7.48. The van der Waals surface area contributed by atoms with Crippen LogP contribution >= 0.6 is 0 Å². The average molecular weight is 362 g/mol. The van der Waals surface area contributed by atoms with Gasteiger partial charge in [-0.05, 0) is 24.3 Å². The SMILES string of the molecule is CC1(C)Cc2c(cnn2-c2ccc(F)cc2F)-c2nc3ccccc3nc21. The first-order valence-electron chi connectivity index (χ1n) is 8.74. The van der Waals surface area contributed by atoms with E-state index in [-0.39, 0.29) is 11.1 Å². The van der Waals surface area contributed by atoms with Gasteiger partial charge in [0.05, 0.1) is 34.3 Å². The van der Waals surface area contributed by atoms with Crippen LogP contribution in [0.5, 0.6) is 0 Å². The molecular formula is C21H16F2N4. The summed E-state index contributed by atoms with van der Waals surface area (Å²) < 4.78 is 29.2. The molecule has 1 aliphatic carbocycles. The van der Waals surface area contributed by atoms with E-state index in [4.69, 9.17) is 9.97 Å². The van der Waals surface area contributed by atoms with E-state index in [0.29, 0.717) is 6.42 Å². The van der Waals surface area contributed by atoms with Gasteiger partial charge in [-0.3, -0.25) is 0 Å². The van der Waals surface area contributed by atoms with E-state index in [1.807, 2.05) is 24.3 Å². The monoisotopic (exact) mass is 362 g/mol. The van der Waals surface area contributed by atoms with Crippen LogP contribution in [0, 0.1) is 11.6 Å². The molecule has 0 fully saturated rings. The Morgan fingerprint density at radius 2 is 1.74 bits per heavy atom. The van der Waals surface area contributed by atoms with Gasteiger partial charge in [0.1, 0.15) is 11.5 Å². The predicted octanol–water partition coefficient (Wildman–Crippen LogP) is 4.59. The largest absolute Gasteiger partial charge is 0.248 e. The molecule has 0 radical (unpaired) electrons. The Morgan fingerprint density at radius 3 is 2.48 bits per heavy atom. The summed E-state index contributed by atoms with van der Waals surface area (Å²) in [5.41, 5.74) is 4.96. The van der Waals surface area contributed by atoms with Crippen molar-refractivity contribution < 1.29 is 8.78 Å². The Hall–Kier alpha value is -3.15. The highest BCUT2D eigenvalue weighted by Crippen LogP contribution is 2.42. The molecule has 27 heavy (non-hydrogen) atoms. The van der Waals surface area contributed by atoms with Crippen LogP contribution in [0.25, 0.3) is 28.0 Å². The number of hydrogen-bond donors (Lipinski definition) is 0. The molecule has 4 nitrogen and oxygen atoms in total. The standard InChI is InChI=1S/C21H16F2N4/c1-21(2)10-18-13(11-24-27(18)17-8-7-12(22)9-14(17)23)19-20(21)26-16-6-4-3-5-15(16)25-19/h3-9,11H,10H2,1-2H3. The van der Waals surface area contributed by atoms with E-state index in [2.05, 4.69) is 18.9 Å². The van der Waals surface area contributed by atoms with Gasteiger partial charge in [0, 0.05) is 23.5 Å². The van der Waals surface area contributed by atoms with Crippen molar-refractivity contribution in [2.75, 3.05) is 0 Å². The number of para-hydroxylation sites is 2. The number of benzene rings is 2. The molecule has 4 aromatic rings. The Labute approximate surface area is 154 Å². The van der Waals surface area contributed by atoms with Gasteiger partial charge < -0.3 is 0 Å². The van der Waals surface area contributed by atoms with Crippen molar-refractivity contribution >= 4 is 11.0 Å². The zero-order valence-electron chi connectivity index (χ0n) is 14.9. The maximum atomic E-state index is 14.4. The second kappa shape index (κ2) is 5.42. The molecule has 2 aromatic heterocycles. The molecule has 2 heterocycles. The van der Waals surface area contributed by atoms with Crippen LogP contribution in [0.4, 0.5) is 8.78 Å². The summed E-state index contributed by atoms with van der Waals surface area (Å²) in [5, 5.41) is 4.39. The van der Waals surface area contributed by atoms with E-state index >= 15 is 0 Å². The first kappa shape index (κ1) is 16.1. The van der Waals surface area contributed by atoms with Crippen molar-refractivity contribution in [3.05, 3.63) is 71.7 Å². The molecule has 0 saturated heterocycles. The van der Waals surface area contributed by atoms with Crippen LogP contribution in [-0.2, 0) is 11.8 Å². The van der Waals surface area contributed by atoms with Gasteiger partial charge in [-0.2, -0.15) is 5.10 Å². The minimum atomic E-state index is -0.644. The van der Waals surface area contributed by atoms with Crippen LogP contribution in [0.3, 0.4) is 0 Å². The van der Waals surface area contributed by atoms with Crippen LogP contribution < -0.4 is 0 Å². The van der Waals surface area contributed by atoms with Crippen LogP contribution in [0.15, 0.2) is 48.7 Å². The first-order chi connectivity index (χ1) is 12.9. The topological polar surface area (TPSA) is 43.6 Å². The van der Waals surface area contributed by atoms with Crippen molar-refractivity contribution in [1.29, 1.82) is 0 Å². The van der Waals surface area contributed by atoms with E-state index in [9.17, 15) is 8.78 Å². The van der Waals surface area contributed by atoms with Crippen molar-refractivity contribution in [3.63, 3.8) is 0 Å². The molecule has 0 unspecified atom stereocenters. The van der Waals surface area contributed by atoms with Gasteiger partial charge in [-0.1, -0.05) is 26.0 Å². The first-order valence-corrected chi connectivity index (χ1v) is 8.74. The number of fused-ring (bicyclic) bond motifs is 4. The molecular weight excluding hydrogens is 346 g/mol. The quantitative estimate of drug-likeness (QED) is 0.497. The molecule has 0 atom stereocenters. The maximum absolute atomic E-state index is 14.4. The van der Waals surface area contributed by atoms with Crippen molar-refractivity contribution in [1.82, 2.24) is 19.7 Å². The van der Waals surface area contributed by atoms with Gasteiger partial charge in [0.15, 0.2) is 5.82 Å². The van der Waals surface area contributed by atoms with Gasteiger partial charge in [0.2, 0.25) is 0 Å². The van der Waals surface area contributed by atoms with E-state index in [0.717, 1.165) is 39.7 Å². The van der Waals surface area contributed by atoms with E-state index < -0.39 is 11.6 Å². The lowest BCUT2D eigenvalue weighted by atomic mass is 9.77. The lowest BCUT2D eigenvalue weighted by Crippen LogP contribution is -2.29. The minimum absolute atomic E-state index is 0.227. The van der Waals surface area contributed by atoms with Gasteiger partial charge >= 0.3 is 0 Å². The zero-order valence-corrected chi connectivity index (χ0v) is 14.9. The summed E-state index contributed by atoms with van der Waals surface area (Å²) in [6, 6.07) is 11.3. The highest BCUT2D eigenvalue weighted by atomic mass is 19.1. The fraction of sp³-hybridized carbons (Fsp3) is 0.190. The summed E-state index contributed by atoms with van der Waals surface area (Å²) in [6.45, 7) is 4.19. The van der Waals surface area contributed by atoms with Crippen molar-refractivity contribution in [2.45, 2.75) is 25.7 Å². The smallest absolute Gasteiger partial charge is 0.151 e. The molecule has 2 aromatic carbocycles. The lowest BCUT2D eigenvalue weighted by Gasteiger charge is -2.31. The highest BCUT2D eigenvalue weighted by molar-refractivity contribution is 5.80. The number of halogens is 2. The summed E-state index contributed by atoms with van der Waals surface area (Å²) in [7, 11) is 0. The van der Waals surface area contributed by atoms with Crippen molar-refractivity contribution in [2.24, 2.45) is 0 Å². The molecule has 0 saturated carbocycles. The van der Waals surface area contributed by atoms with Gasteiger partial charge in [0.25, 0.3) is 0 Å².